The second-order valence-corrected chi connectivity index (χ2v) is 6.25. The normalized spacial score (nSPS) is 16.8. The highest BCUT2D eigenvalue weighted by Crippen LogP contribution is 2.35. The van der Waals surface area contributed by atoms with Gasteiger partial charge >= 0.3 is 0 Å². The van der Waals surface area contributed by atoms with Crippen molar-refractivity contribution in [3.8, 4) is 0 Å². The number of β-amino-alcohol motifs (C(OH)–C–C–N with tert-alkyl or cyclic N) is 1. The highest BCUT2D eigenvalue weighted by Gasteiger charge is 2.46. The lowest BCUT2D eigenvalue weighted by atomic mass is 9.82. The van der Waals surface area contributed by atoms with Gasteiger partial charge in [-0.1, -0.05) is 37.0 Å². The van der Waals surface area contributed by atoms with E-state index in [1.807, 2.05) is 13.8 Å². The van der Waals surface area contributed by atoms with Crippen LogP contribution in [0.15, 0.2) is 12.1 Å². The van der Waals surface area contributed by atoms with Crippen LogP contribution in [0.4, 0.5) is 5.69 Å². The van der Waals surface area contributed by atoms with Crippen LogP contribution < -0.4 is 0 Å². The Morgan fingerprint density at radius 3 is 2.48 bits per heavy atom. The molecule has 0 aromatic heterocycles. The summed E-state index contributed by atoms with van der Waals surface area (Å²) in [4.78, 5) is 23.9. The zero-order valence-corrected chi connectivity index (χ0v) is 13.0. The van der Waals surface area contributed by atoms with Gasteiger partial charge in [0.25, 0.3) is 11.6 Å². The van der Waals surface area contributed by atoms with E-state index in [0.717, 1.165) is 12.1 Å². The Morgan fingerprint density at radius 1 is 1.43 bits per heavy atom. The first-order chi connectivity index (χ1) is 9.65. The average molecular weight is 333 g/mol. The van der Waals surface area contributed by atoms with E-state index in [4.69, 9.17) is 23.2 Å². The number of benzene rings is 1. The summed E-state index contributed by atoms with van der Waals surface area (Å²) < 4.78 is 0. The summed E-state index contributed by atoms with van der Waals surface area (Å²) >= 11 is 11.8. The third kappa shape index (κ3) is 2.84. The molecule has 114 valence electrons. The van der Waals surface area contributed by atoms with E-state index < -0.39 is 16.4 Å². The number of hydrogen-bond acceptors (Lipinski definition) is 4. The summed E-state index contributed by atoms with van der Waals surface area (Å²) in [5.41, 5.74) is -1.25. The molecule has 0 radical (unpaired) electrons. The predicted octanol–water partition coefficient (Wildman–Crippen LogP) is 2.74. The molecule has 1 aromatic carbocycles. The maximum absolute atomic E-state index is 12.3. The molecular formula is C13H14Cl2N2O4. The van der Waals surface area contributed by atoms with Gasteiger partial charge in [0.1, 0.15) is 5.60 Å². The number of amides is 1. The van der Waals surface area contributed by atoms with Gasteiger partial charge in [0.2, 0.25) is 0 Å². The van der Waals surface area contributed by atoms with Gasteiger partial charge in [-0.25, -0.2) is 0 Å². The molecule has 1 heterocycles. The number of carbonyl (C=O) groups excluding carboxylic acids is 1. The molecule has 1 fully saturated rings. The zero-order chi connectivity index (χ0) is 15.9. The molecule has 1 aliphatic heterocycles. The minimum atomic E-state index is -0.924. The largest absolute Gasteiger partial charge is 0.386 e. The van der Waals surface area contributed by atoms with Crippen molar-refractivity contribution in [2.24, 2.45) is 5.92 Å². The van der Waals surface area contributed by atoms with Crippen molar-refractivity contribution in [2.45, 2.75) is 19.4 Å². The number of likely N-dealkylation sites (tertiary alicyclic amines) is 1. The number of rotatable bonds is 3. The first kappa shape index (κ1) is 16.0. The van der Waals surface area contributed by atoms with Crippen molar-refractivity contribution in [2.75, 3.05) is 13.1 Å². The topological polar surface area (TPSA) is 83.7 Å². The fourth-order valence-corrected chi connectivity index (χ4v) is 2.53. The number of carbonyl (C=O) groups is 1. The van der Waals surface area contributed by atoms with Crippen LogP contribution in [0.2, 0.25) is 10.0 Å². The monoisotopic (exact) mass is 332 g/mol. The number of hydrogen-bond donors (Lipinski definition) is 1. The van der Waals surface area contributed by atoms with Crippen molar-refractivity contribution < 1.29 is 14.8 Å². The van der Waals surface area contributed by atoms with Gasteiger partial charge in [-0.15, -0.1) is 0 Å². The highest BCUT2D eigenvalue weighted by molar-refractivity contribution is 6.44. The van der Waals surface area contributed by atoms with Crippen molar-refractivity contribution in [1.29, 1.82) is 0 Å². The smallest absolute Gasteiger partial charge is 0.271 e. The Kier molecular flexibility index (Phi) is 4.15. The van der Waals surface area contributed by atoms with E-state index in [1.165, 1.54) is 4.90 Å². The number of nitrogens with zero attached hydrogens (tertiary/aromatic N) is 2. The van der Waals surface area contributed by atoms with Crippen molar-refractivity contribution in [3.63, 3.8) is 0 Å². The van der Waals surface area contributed by atoms with Gasteiger partial charge in [-0.3, -0.25) is 14.9 Å². The second kappa shape index (κ2) is 5.44. The molecule has 6 nitrogen and oxygen atoms in total. The van der Waals surface area contributed by atoms with E-state index in [-0.39, 0.29) is 40.3 Å². The van der Waals surface area contributed by atoms with Crippen LogP contribution >= 0.6 is 23.2 Å². The van der Waals surface area contributed by atoms with E-state index in [9.17, 15) is 20.0 Å². The molecule has 0 atom stereocenters. The molecule has 1 saturated heterocycles. The Labute approximate surface area is 131 Å². The molecule has 1 aromatic rings. The number of nitro benzene ring substituents is 1. The van der Waals surface area contributed by atoms with Crippen LogP contribution in [0.25, 0.3) is 0 Å². The molecule has 1 N–H and O–H groups in total. The molecule has 21 heavy (non-hydrogen) atoms. The van der Waals surface area contributed by atoms with Gasteiger partial charge in [-0.05, 0) is 5.92 Å². The number of halogens is 2. The van der Waals surface area contributed by atoms with Crippen LogP contribution in [0.5, 0.6) is 0 Å². The molecule has 8 heteroatoms. The number of aliphatic hydroxyl groups is 1. The standard InChI is InChI=1S/C13H14Cl2N2O4/c1-7(2)13(19)5-16(6-13)12(18)9-3-8(17(20)21)4-10(14)11(9)15/h3-4,7,19H,5-6H2,1-2H3. The average Bonchev–Trinajstić information content (AvgIpc) is 2.36. The summed E-state index contributed by atoms with van der Waals surface area (Å²) in [6, 6.07) is 2.20. The minimum absolute atomic E-state index is 0.00530. The van der Waals surface area contributed by atoms with Crippen LogP contribution in [0, 0.1) is 16.0 Å². The van der Waals surface area contributed by atoms with Crippen molar-refractivity contribution >= 4 is 34.8 Å². The molecule has 2 rings (SSSR count). The van der Waals surface area contributed by atoms with Crippen LogP contribution in [0.3, 0.4) is 0 Å². The van der Waals surface area contributed by atoms with E-state index in [0.29, 0.717) is 0 Å². The fourth-order valence-electron chi connectivity index (χ4n) is 2.13. The van der Waals surface area contributed by atoms with Gasteiger partial charge in [0, 0.05) is 12.1 Å². The lowest BCUT2D eigenvalue weighted by Gasteiger charge is -2.49. The van der Waals surface area contributed by atoms with Crippen LogP contribution in [-0.2, 0) is 0 Å². The summed E-state index contributed by atoms with van der Waals surface area (Å²) in [7, 11) is 0. The summed E-state index contributed by atoms with van der Waals surface area (Å²) in [5, 5.41) is 20.9. The van der Waals surface area contributed by atoms with E-state index in [2.05, 4.69) is 0 Å². The maximum Gasteiger partial charge on any atom is 0.271 e. The lowest BCUT2D eigenvalue weighted by Crippen LogP contribution is -2.66. The number of non-ortho nitro benzene ring substituents is 1. The van der Waals surface area contributed by atoms with Gasteiger partial charge in [0.05, 0.1) is 33.6 Å². The molecule has 0 saturated carbocycles. The van der Waals surface area contributed by atoms with Gasteiger partial charge < -0.3 is 10.0 Å². The van der Waals surface area contributed by atoms with Gasteiger partial charge in [0.15, 0.2) is 0 Å². The first-order valence-corrected chi connectivity index (χ1v) is 7.06. The molecule has 0 aliphatic carbocycles. The van der Waals surface area contributed by atoms with Crippen LogP contribution in [0.1, 0.15) is 24.2 Å². The number of nitro groups is 1. The molecule has 0 unspecified atom stereocenters. The Balaban J connectivity index is 2.27. The SMILES string of the molecule is CC(C)C1(O)CN(C(=O)c2cc([N+](=O)[O-])cc(Cl)c2Cl)C1. The predicted molar refractivity (Wildman–Crippen MR) is 78.8 cm³/mol. The molecular weight excluding hydrogens is 319 g/mol. The van der Waals surface area contributed by atoms with Crippen LogP contribution in [-0.4, -0.2) is 39.5 Å². The van der Waals surface area contributed by atoms with E-state index >= 15 is 0 Å². The Morgan fingerprint density at radius 2 is 2.00 bits per heavy atom. The Bertz CT molecular complexity index is 612. The third-order valence-corrected chi connectivity index (χ3v) is 4.55. The molecule has 1 aliphatic rings. The summed E-state index contributed by atoms with van der Waals surface area (Å²) in [6.45, 7) is 4.05. The van der Waals surface area contributed by atoms with E-state index in [1.54, 1.807) is 0 Å². The first-order valence-electron chi connectivity index (χ1n) is 6.31. The Hall–Kier alpha value is -1.37. The maximum atomic E-state index is 12.3. The fraction of sp³-hybridized carbons (Fsp3) is 0.462. The van der Waals surface area contributed by atoms with Gasteiger partial charge in [-0.2, -0.15) is 0 Å². The highest BCUT2D eigenvalue weighted by atomic mass is 35.5. The quantitative estimate of drug-likeness (QED) is 0.681. The second-order valence-electron chi connectivity index (χ2n) is 5.47. The molecule has 0 spiro atoms. The molecule has 0 bridgehead atoms. The third-order valence-electron chi connectivity index (χ3n) is 3.75. The molecule has 1 amide bonds. The summed E-state index contributed by atoms with van der Waals surface area (Å²) in [5.74, 6) is -0.471. The van der Waals surface area contributed by atoms with Crippen molar-refractivity contribution in [3.05, 3.63) is 37.9 Å². The summed E-state index contributed by atoms with van der Waals surface area (Å²) in [6.07, 6.45) is 0. The van der Waals surface area contributed by atoms with Crippen molar-refractivity contribution in [1.82, 2.24) is 4.90 Å². The lowest BCUT2D eigenvalue weighted by molar-refractivity contribution is -0.384. The zero-order valence-electron chi connectivity index (χ0n) is 11.5. The minimum Gasteiger partial charge on any atom is -0.386 e.